The molecule has 0 bridgehead atoms. The van der Waals surface area contributed by atoms with Gasteiger partial charge in [-0.25, -0.2) is 15.0 Å². The molecule has 1 atom stereocenters. The number of thiazole rings is 1. The normalized spacial score (nSPS) is 14.7. The fraction of sp³-hybridized carbons (Fsp3) is 0.250. The van der Waals surface area contributed by atoms with Crippen molar-refractivity contribution < 1.29 is 18.3 Å². The Morgan fingerprint density at radius 3 is 2.58 bits per heavy atom. The molecule has 3 aromatic heterocycles. The number of hydrogen-bond donors (Lipinski definition) is 3. The highest BCUT2D eigenvalue weighted by molar-refractivity contribution is 7.18. The van der Waals surface area contributed by atoms with Crippen molar-refractivity contribution in [1.82, 2.24) is 25.6 Å². The van der Waals surface area contributed by atoms with Crippen molar-refractivity contribution in [3.63, 3.8) is 0 Å². The van der Waals surface area contributed by atoms with Gasteiger partial charge in [-0.15, -0.1) is 11.3 Å². The van der Waals surface area contributed by atoms with E-state index in [-0.39, 0.29) is 24.4 Å². The van der Waals surface area contributed by atoms with Crippen molar-refractivity contribution >= 4 is 62.2 Å². The van der Waals surface area contributed by atoms with Gasteiger partial charge in [0.2, 0.25) is 11.8 Å². The number of anilines is 2. The number of nitrogens with one attached hydrogen (secondary N) is 3. The first-order valence-corrected chi connectivity index (χ1v) is 15.8. The smallest absolute Gasteiger partial charge is 0.388 e. The first-order valence-electron chi connectivity index (χ1n) is 14.2. The van der Waals surface area contributed by atoms with E-state index in [1.165, 1.54) is 0 Å². The maximum Gasteiger partial charge on any atom is 0.388 e. The predicted octanol–water partition coefficient (Wildman–Crippen LogP) is 8.06. The lowest BCUT2D eigenvalue weighted by molar-refractivity contribution is -0.119. The molecule has 8 nitrogen and oxygen atoms in total. The van der Waals surface area contributed by atoms with Crippen molar-refractivity contribution in [3.05, 3.63) is 80.9 Å². The van der Waals surface area contributed by atoms with Crippen molar-refractivity contribution in [1.29, 1.82) is 0 Å². The Bertz CT molecular complexity index is 1900. The number of carbonyl (C=O) groups is 1. The Labute approximate surface area is 272 Å². The molecule has 1 fully saturated rings. The molecule has 45 heavy (non-hydrogen) atoms. The number of halogens is 4. The zero-order valence-electron chi connectivity index (χ0n) is 24.3. The molecule has 1 saturated heterocycles. The van der Waals surface area contributed by atoms with Crippen LogP contribution in [0.25, 0.3) is 32.6 Å². The van der Waals surface area contributed by atoms with Gasteiger partial charge in [0.15, 0.2) is 5.82 Å². The number of hydrogen-bond acceptors (Lipinski definition) is 8. The molecular formula is C32H28Cl2F2N6O2S. The lowest BCUT2D eigenvalue weighted by atomic mass is 9.99. The largest absolute Gasteiger partial charge is 0.417 e. The summed E-state index contributed by atoms with van der Waals surface area (Å²) >= 11 is 15.5. The molecule has 6 rings (SSSR count). The molecule has 5 aromatic rings. The van der Waals surface area contributed by atoms with Crippen LogP contribution in [0.3, 0.4) is 0 Å². The minimum Gasteiger partial charge on any atom is -0.417 e. The molecule has 0 radical (unpaired) electrons. The van der Waals surface area contributed by atoms with Gasteiger partial charge in [0, 0.05) is 54.0 Å². The highest BCUT2D eigenvalue weighted by atomic mass is 35.5. The van der Waals surface area contributed by atoms with Crippen LogP contribution in [-0.4, -0.2) is 40.1 Å². The van der Waals surface area contributed by atoms with Crippen molar-refractivity contribution in [3.8, 4) is 28.3 Å². The first kappa shape index (κ1) is 31.1. The summed E-state index contributed by atoms with van der Waals surface area (Å²) < 4.78 is 32.8. The quantitative estimate of drug-likeness (QED) is 0.138. The van der Waals surface area contributed by atoms with Gasteiger partial charge in [-0.3, -0.25) is 4.79 Å². The molecular weight excluding hydrogens is 641 g/mol. The Kier molecular flexibility index (Phi) is 9.14. The number of benzene rings is 2. The fourth-order valence-electron chi connectivity index (χ4n) is 5.37. The maximum absolute atomic E-state index is 13.5. The molecule has 3 N–H and O–H groups in total. The number of aryl methyl sites for hydroxylation is 2. The van der Waals surface area contributed by atoms with E-state index in [4.69, 9.17) is 27.9 Å². The number of ether oxygens (including phenoxy) is 1. The van der Waals surface area contributed by atoms with Gasteiger partial charge < -0.3 is 20.7 Å². The third-order valence-corrected chi connectivity index (χ3v) is 9.27. The van der Waals surface area contributed by atoms with E-state index in [2.05, 4.69) is 30.9 Å². The van der Waals surface area contributed by atoms with Crippen LogP contribution >= 0.6 is 34.5 Å². The van der Waals surface area contributed by atoms with Gasteiger partial charge >= 0.3 is 6.61 Å². The van der Waals surface area contributed by atoms with Gasteiger partial charge in [0.05, 0.1) is 31.1 Å². The van der Waals surface area contributed by atoms with Gasteiger partial charge in [0.1, 0.15) is 5.52 Å². The summed E-state index contributed by atoms with van der Waals surface area (Å²) in [5.41, 5.74) is 4.78. The Hall–Kier alpha value is -3.90. The highest BCUT2D eigenvalue weighted by Gasteiger charge is 2.22. The molecule has 2 aromatic carbocycles. The van der Waals surface area contributed by atoms with Crippen LogP contribution in [0, 0.1) is 13.8 Å². The molecule has 13 heteroatoms. The third kappa shape index (κ3) is 6.72. The number of amides is 1. The predicted molar refractivity (Wildman–Crippen MR) is 175 cm³/mol. The van der Waals surface area contributed by atoms with Gasteiger partial charge in [0.25, 0.3) is 0 Å². The average molecular weight is 670 g/mol. The van der Waals surface area contributed by atoms with Crippen LogP contribution in [0.15, 0.2) is 54.7 Å². The number of pyridine rings is 2. The second kappa shape index (κ2) is 13.2. The fourth-order valence-corrected chi connectivity index (χ4v) is 6.79. The van der Waals surface area contributed by atoms with E-state index in [9.17, 15) is 13.6 Å². The standard InChI is InChI=1S/C32H28Cl2F2N6O2S/c1-16-13-24(42-31(44-32(35)36)22(16)15-37-14-18-9-10-26(43)40-18)21-7-3-5-19(27(21)33)20-6-4-8-23(28(20)34)41-30-29-25(11-12-38-30)45-17(2)39-29/h3-8,11-13,18,32,37H,9-10,14-15H2,1-2H3,(H,38,41)(H,40,43)/t18-/m0/s1. The lowest BCUT2D eigenvalue weighted by Gasteiger charge is -2.18. The van der Waals surface area contributed by atoms with Crippen molar-refractivity contribution in [2.24, 2.45) is 0 Å². The summed E-state index contributed by atoms with van der Waals surface area (Å²) in [6, 6.07) is 14.7. The van der Waals surface area contributed by atoms with Crippen LogP contribution in [0.5, 0.6) is 5.88 Å². The van der Waals surface area contributed by atoms with E-state index in [0.29, 0.717) is 68.0 Å². The Balaban J connectivity index is 1.31. The third-order valence-electron chi connectivity index (χ3n) is 7.52. The van der Waals surface area contributed by atoms with E-state index in [1.54, 1.807) is 36.6 Å². The zero-order chi connectivity index (χ0) is 31.7. The summed E-state index contributed by atoms with van der Waals surface area (Å²) in [5, 5.41) is 11.1. The maximum atomic E-state index is 13.5. The first-order chi connectivity index (χ1) is 21.7. The van der Waals surface area contributed by atoms with Gasteiger partial charge in [-0.1, -0.05) is 53.5 Å². The molecule has 1 aliphatic heterocycles. The number of aromatic nitrogens is 3. The van der Waals surface area contributed by atoms with Crippen molar-refractivity contribution in [2.75, 3.05) is 11.9 Å². The molecule has 1 amide bonds. The number of fused-ring (bicyclic) bond motifs is 1. The van der Waals surface area contributed by atoms with Crippen molar-refractivity contribution in [2.45, 2.75) is 45.9 Å². The van der Waals surface area contributed by atoms with Gasteiger partial charge in [-0.05, 0) is 44.0 Å². The Morgan fingerprint density at radius 1 is 1.07 bits per heavy atom. The Morgan fingerprint density at radius 2 is 1.82 bits per heavy atom. The molecule has 232 valence electrons. The molecule has 0 aliphatic carbocycles. The molecule has 4 heterocycles. The molecule has 0 spiro atoms. The summed E-state index contributed by atoms with van der Waals surface area (Å²) in [7, 11) is 0. The van der Waals surface area contributed by atoms with Crippen LogP contribution in [0.1, 0.15) is 29.0 Å². The van der Waals surface area contributed by atoms with Crippen LogP contribution in [0.2, 0.25) is 10.0 Å². The van der Waals surface area contributed by atoms with Crippen LogP contribution in [0.4, 0.5) is 20.3 Å². The summed E-state index contributed by atoms with van der Waals surface area (Å²) in [6.45, 7) is 1.42. The second-order valence-electron chi connectivity index (χ2n) is 10.6. The summed E-state index contributed by atoms with van der Waals surface area (Å²) in [5.74, 6) is 0.409. The van der Waals surface area contributed by atoms with E-state index in [0.717, 1.165) is 21.6 Å². The SMILES string of the molecule is Cc1nc2c(Nc3cccc(-c4cccc(-c5cc(C)c(CNC[C@@H]6CCC(=O)N6)c(OC(F)F)n5)c4Cl)c3Cl)nccc2s1. The van der Waals surface area contributed by atoms with Crippen LogP contribution in [-0.2, 0) is 11.3 Å². The van der Waals surface area contributed by atoms with E-state index in [1.807, 2.05) is 43.3 Å². The molecule has 0 saturated carbocycles. The van der Waals surface area contributed by atoms with E-state index < -0.39 is 6.61 Å². The summed E-state index contributed by atoms with van der Waals surface area (Å²) in [4.78, 5) is 25.0. The lowest BCUT2D eigenvalue weighted by Crippen LogP contribution is -2.35. The topological polar surface area (TPSA) is 101 Å². The monoisotopic (exact) mass is 668 g/mol. The van der Waals surface area contributed by atoms with Gasteiger partial charge in [-0.2, -0.15) is 8.78 Å². The number of carbonyl (C=O) groups excluding carboxylic acids is 1. The number of rotatable bonds is 10. The second-order valence-corrected chi connectivity index (χ2v) is 12.6. The minimum absolute atomic E-state index is 0.00644. The molecule has 1 aliphatic rings. The van der Waals surface area contributed by atoms with E-state index >= 15 is 0 Å². The molecule has 0 unspecified atom stereocenters. The number of alkyl halides is 2. The highest BCUT2D eigenvalue weighted by Crippen LogP contribution is 2.42. The zero-order valence-corrected chi connectivity index (χ0v) is 26.6. The van der Waals surface area contributed by atoms with Crippen LogP contribution < -0.4 is 20.7 Å². The summed E-state index contributed by atoms with van der Waals surface area (Å²) in [6.07, 6.45) is 2.92. The minimum atomic E-state index is -3.07. The average Bonchev–Trinajstić information content (AvgIpc) is 3.60. The number of nitrogens with zero attached hydrogens (tertiary/aromatic N) is 3.